The molecule has 0 aliphatic carbocycles. The van der Waals surface area contributed by atoms with Crippen LogP contribution in [0.5, 0.6) is 0 Å². The third-order valence-electron chi connectivity index (χ3n) is 1.65. The first kappa shape index (κ1) is 11.0. The van der Waals surface area contributed by atoms with E-state index in [9.17, 15) is 4.79 Å². The second-order valence-corrected chi connectivity index (χ2v) is 2.74. The summed E-state index contributed by atoms with van der Waals surface area (Å²) in [6, 6.07) is 9.45. The summed E-state index contributed by atoms with van der Waals surface area (Å²) in [6.07, 6.45) is 2.98. The zero-order valence-electron chi connectivity index (χ0n) is 8.47. The highest BCUT2D eigenvalue weighted by molar-refractivity contribution is 5.87. The number of benzene rings is 1. The van der Waals surface area contributed by atoms with Crippen molar-refractivity contribution in [2.75, 3.05) is 7.11 Å². The topological polar surface area (TPSA) is 35.5 Å². The molecule has 0 N–H and O–H groups in total. The number of carbonyl (C=O) groups is 1. The van der Waals surface area contributed by atoms with Crippen LogP contribution in [0.1, 0.15) is 5.56 Å². The molecule has 0 aliphatic rings. The average Bonchev–Trinajstić information content (AvgIpc) is 2.27. The molecule has 0 aliphatic heterocycles. The highest BCUT2D eigenvalue weighted by Gasteiger charge is 1.99. The minimum atomic E-state index is -0.509. The van der Waals surface area contributed by atoms with E-state index in [1.165, 1.54) is 13.2 Å². The molecule has 0 radical (unpaired) electrons. The fourth-order valence-electron chi connectivity index (χ4n) is 0.916. The van der Waals surface area contributed by atoms with Gasteiger partial charge in [-0.1, -0.05) is 30.3 Å². The standard InChI is InChI=1S/C12H12O3/c1-10(14-2)15-12(13)9-8-11-6-4-3-5-7-11/h3-9H,1H2,2H3. The molecule has 3 nitrogen and oxygen atoms in total. The molecule has 0 unspecified atom stereocenters. The second-order valence-electron chi connectivity index (χ2n) is 2.74. The normalized spacial score (nSPS) is 9.93. The van der Waals surface area contributed by atoms with Crippen LogP contribution < -0.4 is 0 Å². The highest BCUT2D eigenvalue weighted by Crippen LogP contribution is 2.02. The Bertz CT molecular complexity index is 366. The van der Waals surface area contributed by atoms with Gasteiger partial charge in [-0.15, -0.1) is 0 Å². The molecule has 15 heavy (non-hydrogen) atoms. The van der Waals surface area contributed by atoms with Crippen molar-refractivity contribution >= 4 is 12.0 Å². The smallest absolute Gasteiger partial charge is 0.338 e. The van der Waals surface area contributed by atoms with Gasteiger partial charge in [-0.3, -0.25) is 0 Å². The number of ether oxygens (including phenoxy) is 2. The largest absolute Gasteiger partial charge is 0.469 e. The Hall–Kier alpha value is -2.03. The molecule has 3 heteroatoms. The maximum Gasteiger partial charge on any atom is 0.338 e. The van der Waals surface area contributed by atoms with Crippen molar-refractivity contribution < 1.29 is 14.3 Å². The van der Waals surface area contributed by atoms with Gasteiger partial charge in [0, 0.05) is 6.08 Å². The Labute approximate surface area is 88.6 Å². The Balaban J connectivity index is 2.52. The number of hydrogen-bond acceptors (Lipinski definition) is 3. The van der Waals surface area contributed by atoms with Gasteiger partial charge in [-0.25, -0.2) is 4.79 Å². The van der Waals surface area contributed by atoms with E-state index < -0.39 is 5.97 Å². The van der Waals surface area contributed by atoms with E-state index in [2.05, 4.69) is 16.1 Å². The quantitative estimate of drug-likeness (QED) is 0.429. The summed E-state index contributed by atoms with van der Waals surface area (Å²) in [7, 11) is 1.39. The van der Waals surface area contributed by atoms with E-state index in [1.807, 2.05) is 30.3 Å². The third kappa shape index (κ3) is 4.13. The molecule has 1 aromatic rings. The van der Waals surface area contributed by atoms with Crippen LogP contribution in [0.15, 0.2) is 48.9 Å². The van der Waals surface area contributed by atoms with Gasteiger partial charge in [0.1, 0.15) is 0 Å². The number of hydrogen-bond donors (Lipinski definition) is 0. The van der Waals surface area contributed by atoms with Crippen molar-refractivity contribution in [1.29, 1.82) is 0 Å². The molecule has 0 fully saturated rings. The molecule has 1 rings (SSSR count). The van der Waals surface area contributed by atoms with Crippen molar-refractivity contribution in [2.45, 2.75) is 0 Å². The summed E-state index contributed by atoms with van der Waals surface area (Å²) >= 11 is 0. The van der Waals surface area contributed by atoms with Crippen LogP contribution in [-0.4, -0.2) is 13.1 Å². The van der Waals surface area contributed by atoms with Gasteiger partial charge < -0.3 is 9.47 Å². The first-order valence-corrected chi connectivity index (χ1v) is 4.40. The average molecular weight is 204 g/mol. The van der Waals surface area contributed by atoms with Gasteiger partial charge in [-0.05, 0) is 18.2 Å². The third-order valence-corrected chi connectivity index (χ3v) is 1.65. The van der Waals surface area contributed by atoms with Crippen LogP contribution in [0.4, 0.5) is 0 Å². The maximum atomic E-state index is 11.1. The Morgan fingerprint density at radius 1 is 1.33 bits per heavy atom. The molecule has 0 bridgehead atoms. The second kappa shape index (κ2) is 5.65. The summed E-state index contributed by atoms with van der Waals surface area (Å²) in [4.78, 5) is 11.1. The van der Waals surface area contributed by atoms with Gasteiger partial charge in [0.15, 0.2) is 0 Å². The zero-order valence-corrected chi connectivity index (χ0v) is 8.47. The van der Waals surface area contributed by atoms with Crippen LogP contribution >= 0.6 is 0 Å². The molecular weight excluding hydrogens is 192 g/mol. The fraction of sp³-hybridized carbons (Fsp3) is 0.0833. The fourth-order valence-corrected chi connectivity index (χ4v) is 0.916. The first-order valence-electron chi connectivity index (χ1n) is 4.40. The molecule has 0 saturated carbocycles. The lowest BCUT2D eigenvalue weighted by Gasteiger charge is -2.01. The predicted octanol–water partition coefficient (Wildman–Crippen LogP) is 2.36. The summed E-state index contributed by atoms with van der Waals surface area (Å²) in [5, 5.41) is 0. The summed E-state index contributed by atoms with van der Waals surface area (Å²) in [5.74, 6) is -0.525. The highest BCUT2D eigenvalue weighted by atomic mass is 16.7. The number of esters is 1. The number of rotatable bonds is 4. The SMILES string of the molecule is C=C(OC)OC(=O)C=Cc1ccccc1. The van der Waals surface area contributed by atoms with Gasteiger partial charge in [0.05, 0.1) is 7.11 Å². The van der Waals surface area contributed by atoms with Crippen molar-refractivity contribution in [3.63, 3.8) is 0 Å². The molecule has 0 saturated heterocycles. The Morgan fingerprint density at radius 3 is 2.60 bits per heavy atom. The van der Waals surface area contributed by atoms with Crippen molar-refractivity contribution in [3.8, 4) is 0 Å². The first-order chi connectivity index (χ1) is 7.22. The molecule has 0 heterocycles. The lowest BCUT2D eigenvalue weighted by Crippen LogP contribution is -2.00. The lowest BCUT2D eigenvalue weighted by atomic mass is 10.2. The van der Waals surface area contributed by atoms with E-state index >= 15 is 0 Å². The summed E-state index contributed by atoms with van der Waals surface area (Å²) in [6.45, 7) is 3.37. The molecular formula is C12H12O3. The van der Waals surface area contributed by atoms with E-state index in [1.54, 1.807) is 6.08 Å². The Morgan fingerprint density at radius 2 is 2.00 bits per heavy atom. The van der Waals surface area contributed by atoms with Crippen LogP contribution in [0.25, 0.3) is 6.08 Å². The number of methoxy groups -OCH3 is 1. The summed E-state index contributed by atoms with van der Waals surface area (Å²) in [5.41, 5.74) is 0.928. The van der Waals surface area contributed by atoms with Gasteiger partial charge in [-0.2, -0.15) is 0 Å². The van der Waals surface area contributed by atoms with Crippen LogP contribution in [-0.2, 0) is 14.3 Å². The van der Waals surface area contributed by atoms with E-state index in [-0.39, 0.29) is 5.95 Å². The lowest BCUT2D eigenvalue weighted by molar-refractivity contribution is -0.138. The van der Waals surface area contributed by atoms with Gasteiger partial charge in [0.25, 0.3) is 5.95 Å². The molecule has 0 atom stereocenters. The molecule has 0 amide bonds. The van der Waals surface area contributed by atoms with Crippen LogP contribution in [0.2, 0.25) is 0 Å². The van der Waals surface area contributed by atoms with Gasteiger partial charge in [0.2, 0.25) is 0 Å². The number of carbonyl (C=O) groups excluding carboxylic acids is 1. The zero-order chi connectivity index (χ0) is 11.1. The van der Waals surface area contributed by atoms with Crippen molar-refractivity contribution in [3.05, 3.63) is 54.5 Å². The minimum absolute atomic E-state index is 0.0160. The predicted molar refractivity (Wildman–Crippen MR) is 57.7 cm³/mol. The van der Waals surface area contributed by atoms with E-state index in [4.69, 9.17) is 0 Å². The van der Waals surface area contributed by atoms with Crippen molar-refractivity contribution in [2.24, 2.45) is 0 Å². The maximum absolute atomic E-state index is 11.1. The monoisotopic (exact) mass is 204 g/mol. The molecule has 0 spiro atoms. The molecule has 0 aromatic heterocycles. The molecule has 78 valence electrons. The van der Waals surface area contributed by atoms with Crippen LogP contribution in [0.3, 0.4) is 0 Å². The van der Waals surface area contributed by atoms with E-state index in [0.29, 0.717) is 0 Å². The summed E-state index contributed by atoms with van der Waals surface area (Å²) < 4.78 is 9.28. The van der Waals surface area contributed by atoms with Crippen molar-refractivity contribution in [1.82, 2.24) is 0 Å². The Kier molecular flexibility index (Phi) is 4.16. The minimum Gasteiger partial charge on any atom is -0.469 e. The van der Waals surface area contributed by atoms with Crippen LogP contribution in [0, 0.1) is 0 Å². The van der Waals surface area contributed by atoms with Gasteiger partial charge >= 0.3 is 5.97 Å². The molecule has 1 aromatic carbocycles. The van der Waals surface area contributed by atoms with E-state index in [0.717, 1.165) is 5.56 Å².